The molecule has 0 N–H and O–H groups in total. The van der Waals surface area contributed by atoms with Crippen molar-refractivity contribution in [3.8, 4) is 22.4 Å². The average Bonchev–Trinajstić information content (AvgIpc) is 3.57. The Morgan fingerprint density at radius 2 is 1.77 bits per heavy atom. The number of rotatable bonds is 7. The van der Waals surface area contributed by atoms with Gasteiger partial charge in [-0.25, -0.2) is 24.1 Å². The minimum Gasteiger partial charge on any atom is -0.459 e. The second-order valence-electron chi connectivity index (χ2n) is 9.55. The van der Waals surface area contributed by atoms with Crippen LogP contribution in [0.1, 0.15) is 22.1 Å². The molecule has 9 nitrogen and oxygen atoms in total. The van der Waals surface area contributed by atoms with E-state index in [1.54, 1.807) is 29.1 Å². The third kappa shape index (κ3) is 4.83. The number of pyridine rings is 1. The number of methoxy groups -OCH3 is 1. The van der Waals surface area contributed by atoms with E-state index in [1.165, 1.54) is 19.8 Å². The van der Waals surface area contributed by atoms with Crippen molar-refractivity contribution in [3.63, 3.8) is 0 Å². The summed E-state index contributed by atoms with van der Waals surface area (Å²) >= 11 is 0. The normalized spacial score (nSPS) is 20.6. The number of carbonyl (C=O) groups is 1. The van der Waals surface area contributed by atoms with Crippen LogP contribution in [0.3, 0.4) is 0 Å². The van der Waals surface area contributed by atoms with Gasteiger partial charge in [0.1, 0.15) is 36.4 Å². The van der Waals surface area contributed by atoms with Gasteiger partial charge in [0, 0.05) is 30.6 Å². The molecule has 0 spiro atoms. The van der Waals surface area contributed by atoms with Crippen LogP contribution < -0.4 is 0 Å². The fourth-order valence-electron chi connectivity index (χ4n) is 4.84. The van der Waals surface area contributed by atoms with E-state index in [1.807, 2.05) is 55.5 Å². The van der Waals surface area contributed by atoms with Crippen LogP contribution in [-0.2, 0) is 14.2 Å². The summed E-state index contributed by atoms with van der Waals surface area (Å²) in [6, 6.07) is 18.9. The van der Waals surface area contributed by atoms with Crippen LogP contribution in [0.15, 0.2) is 85.7 Å². The predicted octanol–water partition coefficient (Wildman–Crippen LogP) is 4.97. The standard InChI is InChI=1S/C30H26FN5O4/c1-18-8-10-20(11-9-18)30(37)39-15-23-24(31)27(38-2)29(40-23)36-17-35-26-25(33-16-34-28(26)36)22-12-21(13-32-14-22)19-6-4-3-5-7-19/h3-14,16-17,23-24,27,29H,15H2,1-2H3/t23-,24-,27-,29-/m1/s1. The molecule has 0 amide bonds. The molecule has 40 heavy (non-hydrogen) atoms. The highest BCUT2D eigenvalue weighted by molar-refractivity contribution is 5.89. The lowest BCUT2D eigenvalue weighted by Gasteiger charge is -2.19. The first-order valence-corrected chi connectivity index (χ1v) is 12.8. The smallest absolute Gasteiger partial charge is 0.338 e. The zero-order valence-corrected chi connectivity index (χ0v) is 21.8. The average molecular weight is 540 g/mol. The number of benzene rings is 2. The fraction of sp³-hybridized carbons (Fsp3) is 0.233. The molecular weight excluding hydrogens is 513 g/mol. The molecule has 6 rings (SSSR count). The molecule has 5 aromatic rings. The van der Waals surface area contributed by atoms with E-state index in [0.29, 0.717) is 22.4 Å². The second-order valence-corrected chi connectivity index (χ2v) is 9.55. The van der Waals surface area contributed by atoms with Gasteiger partial charge in [-0.1, -0.05) is 48.0 Å². The molecule has 2 aromatic carbocycles. The van der Waals surface area contributed by atoms with E-state index in [0.717, 1.165) is 22.3 Å². The molecule has 1 saturated heterocycles. The van der Waals surface area contributed by atoms with E-state index < -0.39 is 30.6 Å². The molecule has 1 aliphatic heterocycles. The Balaban J connectivity index is 1.26. The van der Waals surface area contributed by atoms with Crippen molar-refractivity contribution in [2.24, 2.45) is 0 Å². The Morgan fingerprint density at radius 3 is 2.55 bits per heavy atom. The van der Waals surface area contributed by atoms with Crippen molar-refractivity contribution in [2.45, 2.75) is 31.5 Å². The van der Waals surface area contributed by atoms with Gasteiger partial charge in [-0.2, -0.15) is 0 Å². The summed E-state index contributed by atoms with van der Waals surface area (Å²) in [4.78, 5) is 30.3. The number of esters is 1. The zero-order valence-electron chi connectivity index (χ0n) is 21.8. The van der Waals surface area contributed by atoms with Crippen molar-refractivity contribution in [2.75, 3.05) is 13.7 Å². The monoisotopic (exact) mass is 539 g/mol. The number of halogens is 1. The largest absolute Gasteiger partial charge is 0.459 e. The maximum atomic E-state index is 15.4. The van der Waals surface area contributed by atoms with Gasteiger partial charge in [0.05, 0.1) is 11.9 Å². The van der Waals surface area contributed by atoms with Gasteiger partial charge < -0.3 is 14.2 Å². The molecular formula is C30H26FN5O4. The highest BCUT2D eigenvalue weighted by Crippen LogP contribution is 2.36. The molecule has 202 valence electrons. The quantitative estimate of drug-likeness (QED) is 0.267. The molecule has 1 fully saturated rings. The van der Waals surface area contributed by atoms with Crippen LogP contribution in [0.4, 0.5) is 4.39 Å². The minimum atomic E-state index is -1.55. The number of imidazole rings is 1. The van der Waals surface area contributed by atoms with E-state index in [4.69, 9.17) is 14.2 Å². The van der Waals surface area contributed by atoms with Crippen molar-refractivity contribution >= 4 is 17.1 Å². The lowest BCUT2D eigenvalue weighted by Crippen LogP contribution is -2.32. The zero-order chi connectivity index (χ0) is 27.6. The van der Waals surface area contributed by atoms with Crippen LogP contribution in [0, 0.1) is 6.92 Å². The first-order chi connectivity index (χ1) is 19.5. The maximum Gasteiger partial charge on any atom is 0.338 e. The lowest BCUT2D eigenvalue weighted by atomic mass is 10.0. The van der Waals surface area contributed by atoms with Gasteiger partial charge >= 0.3 is 5.97 Å². The minimum absolute atomic E-state index is 0.269. The SMILES string of the molecule is CO[C@@H]1[C@H](F)[C@@H](COC(=O)c2ccc(C)cc2)O[C@H]1n1cnc2c(-c3cncc(-c4ccccc4)c3)ncnc21. The lowest BCUT2D eigenvalue weighted by molar-refractivity contribution is -0.0616. The molecule has 4 heterocycles. The number of ether oxygens (including phenoxy) is 3. The van der Waals surface area contributed by atoms with E-state index in [-0.39, 0.29) is 6.61 Å². The third-order valence-corrected chi connectivity index (χ3v) is 6.95. The van der Waals surface area contributed by atoms with Gasteiger partial charge in [0.15, 0.2) is 18.0 Å². The molecule has 0 aliphatic carbocycles. The van der Waals surface area contributed by atoms with E-state index in [9.17, 15) is 4.79 Å². The number of aryl methyl sites for hydroxylation is 1. The molecule has 4 atom stereocenters. The first kappa shape index (κ1) is 25.7. The summed E-state index contributed by atoms with van der Waals surface area (Å²) < 4.78 is 33.9. The predicted molar refractivity (Wildman–Crippen MR) is 145 cm³/mol. The maximum absolute atomic E-state index is 15.4. The van der Waals surface area contributed by atoms with E-state index in [2.05, 4.69) is 19.9 Å². The van der Waals surface area contributed by atoms with Crippen molar-refractivity contribution in [3.05, 3.63) is 96.8 Å². The third-order valence-electron chi connectivity index (χ3n) is 6.95. The first-order valence-electron chi connectivity index (χ1n) is 12.8. The summed E-state index contributed by atoms with van der Waals surface area (Å²) in [6.45, 7) is 1.65. The molecule has 0 radical (unpaired) electrons. The summed E-state index contributed by atoms with van der Waals surface area (Å²) in [5, 5.41) is 0. The number of nitrogens with zero attached hydrogens (tertiary/aromatic N) is 5. The molecule has 3 aromatic heterocycles. The van der Waals surface area contributed by atoms with Crippen molar-refractivity contribution in [1.82, 2.24) is 24.5 Å². The van der Waals surface area contributed by atoms with Gasteiger partial charge in [-0.3, -0.25) is 9.55 Å². The number of alkyl halides is 1. The second kappa shape index (κ2) is 10.9. The van der Waals surface area contributed by atoms with Gasteiger partial charge in [-0.15, -0.1) is 0 Å². The summed E-state index contributed by atoms with van der Waals surface area (Å²) in [5.74, 6) is -0.551. The summed E-state index contributed by atoms with van der Waals surface area (Å²) in [7, 11) is 1.41. The Hall–Kier alpha value is -4.54. The van der Waals surface area contributed by atoms with Crippen LogP contribution in [0.5, 0.6) is 0 Å². The van der Waals surface area contributed by atoms with Crippen LogP contribution in [-0.4, -0.2) is 62.6 Å². The number of fused-ring (bicyclic) bond motifs is 1. The van der Waals surface area contributed by atoms with Gasteiger partial charge in [0.2, 0.25) is 0 Å². The molecule has 0 unspecified atom stereocenters. The summed E-state index contributed by atoms with van der Waals surface area (Å²) in [5.41, 5.74) is 5.67. The number of carbonyl (C=O) groups excluding carboxylic acids is 1. The fourth-order valence-corrected chi connectivity index (χ4v) is 4.84. The molecule has 10 heteroatoms. The van der Waals surface area contributed by atoms with E-state index >= 15 is 4.39 Å². The van der Waals surface area contributed by atoms with Gasteiger partial charge in [0.25, 0.3) is 0 Å². The number of aromatic nitrogens is 5. The molecule has 0 saturated carbocycles. The van der Waals surface area contributed by atoms with Crippen LogP contribution >= 0.6 is 0 Å². The molecule has 0 bridgehead atoms. The van der Waals surface area contributed by atoms with Crippen molar-refractivity contribution < 1.29 is 23.4 Å². The number of hydrogen-bond donors (Lipinski definition) is 0. The topological polar surface area (TPSA) is 101 Å². The van der Waals surface area contributed by atoms with Gasteiger partial charge in [-0.05, 0) is 30.7 Å². The molecule has 1 aliphatic rings. The summed E-state index contributed by atoms with van der Waals surface area (Å²) in [6.07, 6.45) is 2.02. The Morgan fingerprint density at radius 1 is 1.00 bits per heavy atom. The Labute approximate surface area is 229 Å². The van der Waals surface area contributed by atoms with Crippen LogP contribution in [0.25, 0.3) is 33.5 Å². The highest BCUT2D eigenvalue weighted by atomic mass is 19.1. The Bertz CT molecular complexity index is 1640. The highest BCUT2D eigenvalue weighted by Gasteiger charge is 2.47. The van der Waals surface area contributed by atoms with Crippen molar-refractivity contribution in [1.29, 1.82) is 0 Å². The Kier molecular flexibility index (Phi) is 7.02. The number of hydrogen-bond acceptors (Lipinski definition) is 8. The van der Waals surface area contributed by atoms with Crippen LogP contribution in [0.2, 0.25) is 0 Å².